The number of nitrogens with one attached hydrogen (secondary N) is 1. The van der Waals surface area contributed by atoms with E-state index >= 15 is 0 Å². The lowest BCUT2D eigenvalue weighted by atomic mass is 10.1. The SMILES string of the molecule is CCCC(=O)Oc1csc(C(=O)c2c[nH]c3cc(F)ccc23)n1. The van der Waals surface area contributed by atoms with Crippen molar-refractivity contribution in [3.63, 3.8) is 0 Å². The average molecular weight is 332 g/mol. The Morgan fingerprint density at radius 1 is 1.39 bits per heavy atom. The zero-order chi connectivity index (χ0) is 16.4. The van der Waals surface area contributed by atoms with Crippen LogP contribution >= 0.6 is 11.3 Å². The van der Waals surface area contributed by atoms with Crippen LogP contribution in [0.2, 0.25) is 0 Å². The highest BCUT2D eigenvalue weighted by atomic mass is 32.1. The second kappa shape index (κ2) is 6.29. The van der Waals surface area contributed by atoms with E-state index in [2.05, 4.69) is 9.97 Å². The minimum absolute atomic E-state index is 0.127. The molecule has 1 aromatic carbocycles. The van der Waals surface area contributed by atoms with Crippen LogP contribution in [0.3, 0.4) is 0 Å². The summed E-state index contributed by atoms with van der Waals surface area (Å²) < 4.78 is 18.3. The van der Waals surface area contributed by atoms with Crippen LogP contribution in [-0.4, -0.2) is 21.7 Å². The zero-order valence-corrected chi connectivity index (χ0v) is 13.1. The molecule has 0 spiro atoms. The Bertz CT molecular complexity index is 884. The second-order valence-electron chi connectivity index (χ2n) is 4.94. The third-order valence-electron chi connectivity index (χ3n) is 3.24. The van der Waals surface area contributed by atoms with Crippen molar-refractivity contribution in [2.75, 3.05) is 0 Å². The van der Waals surface area contributed by atoms with Gasteiger partial charge < -0.3 is 9.72 Å². The average Bonchev–Trinajstić information content (AvgIpc) is 3.13. The number of ketones is 1. The van der Waals surface area contributed by atoms with Crippen LogP contribution in [0, 0.1) is 5.82 Å². The van der Waals surface area contributed by atoms with Gasteiger partial charge in [-0.15, -0.1) is 11.3 Å². The van der Waals surface area contributed by atoms with Crippen LogP contribution in [0.15, 0.2) is 29.8 Å². The molecule has 0 amide bonds. The highest BCUT2D eigenvalue weighted by Gasteiger charge is 2.19. The van der Waals surface area contributed by atoms with Crippen molar-refractivity contribution in [3.05, 3.63) is 46.2 Å². The number of H-pyrrole nitrogens is 1. The molecule has 23 heavy (non-hydrogen) atoms. The Morgan fingerprint density at radius 2 is 2.22 bits per heavy atom. The third-order valence-corrected chi connectivity index (χ3v) is 4.06. The standard InChI is InChI=1S/C16H13FN2O3S/c1-2-3-14(20)22-13-8-23-16(19-13)15(21)11-7-18-12-6-9(17)4-5-10(11)12/h4-8,18H,2-3H2,1H3. The molecule has 0 aliphatic carbocycles. The molecule has 0 unspecified atom stereocenters. The maximum Gasteiger partial charge on any atom is 0.312 e. The topological polar surface area (TPSA) is 72.1 Å². The van der Waals surface area contributed by atoms with E-state index in [1.807, 2.05) is 6.92 Å². The van der Waals surface area contributed by atoms with Gasteiger partial charge in [0, 0.05) is 23.5 Å². The molecule has 0 atom stereocenters. The number of esters is 1. The Kier molecular flexibility index (Phi) is 4.20. The molecule has 0 bridgehead atoms. The predicted octanol–water partition coefficient (Wildman–Crippen LogP) is 3.70. The summed E-state index contributed by atoms with van der Waals surface area (Å²) in [5.74, 6) is -0.926. The van der Waals surface area contributed by atoms with E-state index in [1.54, 1.807) is 6.07 Å². The predicted molar refractivity (Wildman–Crippen MR) is 84.3 cm³/mol. The summed E-state index contributed by atoms with van der Waals surface area (Å²) in [4.78, 5) is 30.9. The fraction of sp³-hybridized carbons (Fsp3) is 0.188. The van der Waals surface area contributed by atoms with Crippen LogP contribution in [0.1, 0.15) is 35.1 Å². The van der Waals surface area contributed by atoms with Crippen LogP contribution in [-0.2, 0) is 4.79 Å². The van der Waals surface area contributed by atoms with Crippen LogP contribution < -0.4 is 4.74 Å². The molecule has 0 radical (unpaired) electrons. The number of carbonyl (C=O) groups is 2. The Labute approximate surface area is 135 Å². The summed E-state index contributed by atoms with van der Waals surface area (Å²) in [6.45, 7) is 1.87. The molecule has 0 saturated carbocycles. The Hall–Kier alpha value is -2.54. The first-order valence-electron chi connectivity index (χ1n) is 7.06. The number of hydrogen-bond donors (Lipinski definition) is 1. The Morgan fingerprint density at radius 3 is 3.00 bits per heavy atom. The molecular weight excluding hydrogens is 319 g/mol. The van der Waals surface area contributed by atoms with E-state index in [9.17, 15) is 14.0 Å². The Balaban J connectivity index is 1.85. The highest BCUT2D eigenvalue weighted by molar-refractivity contribution is 7.12. The van der Waals surface area contributed by atoms with Gasteiger partial charge in [-0.3, -0.25) is 9.59 Å². The molecule has 1 N–H and O–H groups in total. The van der Waals surface area contributed by atoms with Gasteiger partial charge in [-0.2, -0.15) is 4.98 Å². The normalized spacial score (nSPS) is 10.9. The van der Waals surface area contributed by atoms with E-state index in [4.69, 9.17) is 4.74 Å². The number of aromatic nitrogens is 2. The van der Waals surface area contributed by atoms with Gasteiger partial charge in [0.1, 0.15) is 5.82 Å². The number of thiazole rings is 1. The zero-order valence-electron chi connectivity index (χ0n) is 12.3. The van der Waals surface area contributed by atoms with Crippen LogP contribution in [0.4, 0.5) is 4.39 Å². The number of aromatic amines is 1. The minimum Gasteiger partial charge on any atom is -0.407 e. The molecule has 0 fully saturated rings. The molecule has 3 rings (SSSR count). The molecule has 7 heteroatoms. The van der Waals surface area contributed by atoms with Crippen molar-refractivity contribution in [1.82, 2.24) is 9.97 Å². The lowest BCUT2D eigenvalue weighted by Gasteiger charge is -1.98. The van der Waals surface area contributed by atoms with Gasteiger partial charge in [-0.1, -0.05) is 6.92 Å². The lowest BCUT2D eigenvalue weighted by molar-refractivity contribution is -0.134. The molecule has 2 aromatic heterocycles. The number of nitrogens with zero attached hydrogens (tertiary/aromatic N) is 1. The highest BCUT2D eigenvalue weighted by Crippen LogP contribution is 2.25. The smallest absolute Gasteiger partial charge is 0.312 e. The fourth-order valence-electron chi connectivity index (χ4n) is 2.18. The molecular formula is C16H13FN2O3S. The third kappa shape index (κ3) is 3.14. The monoisotopic (exact) mass is 332 g/mol. The van der Waals surface area contributed by atoms with Gasteiger partial charge in [-0.25, -0.2) is 4.39 Å². The first-order valence-corrected chi connectivity index (χ1v) is 7.94. The molecule has 2 heterocycles. The van der Waals surface area contributed by atoms with E-state index in [1.165, 1.54) is 23.7 Å². The second-order valence-corrected chi connectivity index (χ2v) is 5.79. The van der Waals surface area contributed by atoms with E-state index < -0.39 is 0 Å². The number of carbonyl (C=O) groups excluding carboxylic acids is 2. The van der Waals surface area contributed by atoms with Gasteiger partial charge in [0.2, 0.25) is 11.7 Å². The summed E-state index contributed by atoms with van der Waals surface area (Å²) in [6.07, 6.45) is 2.51. The summed E-state index contributed by atoms with van der Waals surface area (Å²) in [7, 11) is 0. The number of benzene rings is 1. The maximum atomic E-state index is 13.2. The molecule has 118 valence electrons. The van der Waals surface area contributed by atoms with Gasteiger partial charge in [-0.05, 0) is 24.6 Å². The molecule has 0 aliphatic rings. The fourth-order valence-corrected chi connectivity index (χ4v) is 2.86. The first-order chi connectivity index (χ1) is 11.1. The van der Waals surface area contributed by atoms with Gasteiger partial charge >= 0.3 is 5.97 Å². The van der Waals surface area contributed by atoms with E-state index in [0.717, 1.165) is 11.3 Å². The number of ether oxygens (including phenoxy) is 1. The summed E-state index contributed by atoms with van der Waals surface area (Å²) in [6, 6.07) is 4.17. The lowest BCUT2D eigenvalue weighted by Crippen LogP contribution is -2.07. The first kappa shape index (κ1) is 15.4. The quantitative estimate of drug-likeness (QED) is 0.571. The summed E-state index contributed by atoms with van der Waals surface area (Å²) >= 11 is 1.10. The molecule has 3 aromatic rings. The van der Waals surface area contributed by atoms with Crippen molar-refractivity contribution in [3.8, 4) is 5.88 Å². The van der Waals surface area contributed by atoms with Crippen LogP contribution in [0.25, 0.3) is 10.9 Å². The van der Waals surface area contributed by atoms with Crippen molar-refractivity contribution in [2.24, 2.45) is 0 Å². The van der Waals surface area contributed by atoms with Crippen molar-refractivity contribution in [1.29, 1.82) is 0 Å². The van der Waals surface area contributed by atoms with Crippen LogP contribution in [0.5, 0.6) is 5.88 Å². The number of halogens is 1. The van der Waals surface area contributed by atoms with Gasteiger partial charge in [0.15, 0.2) is 5.01 Å². The largest absolute Gasteiger partial charge is 0.407 e. The number of hydrogen-bond acceptors (Lipinski definition) is 5. The van der Waals surface area contributed by atoms with Gasteiger partial charge in [0.25, 0.3) is 0 Å². The van der Waals surface area contributed by atoms with Gasteiger partial charge in [0.05, 0.1) is 10.9 Å². The van der Waals surface area contributed by atoms with Crippen molar-refractivity contribution in [2.45, 2.75) is 19.8 Å². The van der Waals surface area contributed by atoms with Crippen molar-refractivity contribution < 1.29 is 18.7 Å². The molecule has 0 saturated heterocycles. The summed E-state index contributed by atoms with van der Waals surface area (Å²) in [5.41, 5.74) is 0.945. The number of rotatable bonds is 5. The number of fused-ring (bicyclic) bond motifs is 1. The van der Waals surface area contributed by atoms with E-state index in [0.29, 0.717) is 29.3 Å². The maximum absolute atomic E-state index is 13.2. The molecule has 0 aliphatic heterocycles. The summed E-state index contributed by atoms with van der Waals surface area (Å²) in [5, 5.41) is 2.36. The minimum atomic E-state index is -0.377. The van der Waals surface area contributed by atoms with Crippen molar-refractivity contribution >= 4 is 34.0 Å². The van der Waals surface area contributed by atoms with E-state index in [-0.39, 0.29) is 28.5 Å². The molecule has 5 nitrogen and oxygen atoms in total.